The minimum atomic E-state index is -0.456. The molecule has 0 saturated heterocycles. The van der Waals surface area contributed by atoms with Gasteiger partial charge in [-0.15, -0.1) is 0 Å². The van der Waals surface area contributed by atoms with Crippen molar-refractivity contribution in [3.05, 3.63) is 34.1 Å². The first-order chi connectivity index (χ1) is 8.36. The SMILES string of the molecule is CCC(C)(C)c1ccc2[nH]c(=O)c(N)c(O)c2c1. The molecule has 4 heteroatoms. The van der Waals surface area contributed by atoms with Crippen LogP contribution in [0.25, 0.3) is 10.9 Å². The highest BCUT2D eigenvalue weighted by atomic mass is 16.3. The van der Waals surface area contributed by atoms with Gasteiger partial charge >= 0.3 is 0 Å². The summed E-state index contributed by atoms with van der Waals surface area (Å²) in [5, 5.41) is 10.5. The number of H-pyrrole nitrogens is 1. The van der Waals surface area contributed by atoms with E-state index in [2.05, 4.69) is 25.8 Å². The van der Waals surface area contributed by atoms with E-state index < -0.39 is 5.56 Å². The molecule has 1 aromatic carbocycles. The maximum atomic E-state index is 11.5. The van der Waals surface area contributed by atoms with Gasteiger partial charge in [0.05, 0.1) is 5.52 Å². The Bertz CT molecular complexity index is 657. The molecule has 2 aromatic rings. The van der Waals surface area contributed by atoms with Crippen LogP contribution in [0.15, 0.2) is 23.0 Å². The second-order valence-electron chi connectivity index (χ2n) is 5.21. The van der Waals surface area contributed by atoms with Crippen LogP contribution in [0.3, 0.4) is 0 Å². The van der Waals surface area contributed by atoms with Crippen LogP contribution in [0.2, 0.25) is 0 Å². The number of rotatable bonds is 2. The Morgan fingerprint density at radius 3 is 2.67 bits per heavy atom. The second kappa shape index (κ2) is 4.05. The highest BCUT2D eigenvalue weighted by Gasteiger charge is 2.19. The molecule has 0 aliphatic heterocycles. The number of pyridine rings is 1. The van der Waals surface area contributed by atoms with E-state index in [0.29, 0.717) is 10.9 Å². The van der Waals surface area contributed by atoms with E-state index in [0.717, 1.165) is 12.0 Å². The van der Waals surface area contributed by atoms with E-state index in [1.54, 1.807) is 0 Å². The van der Waals surface area contributed by atoms with Gasteiger partial charge < -0.3 is 15.8 Å². The monoisotopic (exact) mass is 246 g/mol. The molecule has 0 atom stereocenters. The minimum absolute atomic E-state index is 0.0194. The van der Waals surface area contributed by atoms with Crippen molar-refractivity contribution in [2.45, 2.75) is 32.6 Å². The van der Waals surface area contributed by atoms with E-state index in [1.165, 1.54) is 0 Å². The van der Waals surface area contributed by atoms with Gasteiger partial charge in [-0.1, -0.05) is 26.8 Å². The van der Waals surface area contributed by atoms with Gasteiger partial charge in [-0.05, 0) is 29.5 Å². The van der Waals surface area contributed by atoms with Crippen molar-refractivity contribution in [1.82, 2.24) is 4.98 Å². The summed E-state index contributed by atoms with van der Waals surface area (Å²) < 4.78 is 0. The fourth-order valence-corrected chi connectivity index (χ4v) is 1.92. The van der Waals surface area contributed by atoms with Gasteiger partial charge in [0.2, 0.25) is 0 Å². The second-order valence-corrected chi connectivity index (χ2v) is 5.21. The van der Waals surface area contributed by atoms with Crippen molar-refractivity contribution in [3.8, 4) is 5.75 Å². The number of nitrogen functional groups attached to an aromatic ring is 1. The number of nitrogens with one attached hydrogen (secondary N) is 1. The molecule has 0 saturated carbocycles. The number of benzene rings is 1. The van der Waals surface area contributed by atoms with Crippen LogP contribution in [0.5, 0.6) is 5.75 Å². The smallest absolute Gasteiger partial charge is 0.275 e. The number of anilines is 1. The van der Waals surface area contributed by atoms with E-state index in [4.69, 9.17) is 5.73 Å². The molecule has 0 spiro atoms. The van der Waals surface area contributed by atoms with Crippen molar-refractivity contribution in [2.24, 2.45) is 0 Å². The summed E-state index contributed by atoms with van der Waals surface area (Å²) in [4.78, 5) is 14.1. The Hall–Kier alpha value is -1.97. The Labute approximate surface area is 105 Å². The van der Waals surface area contributed by atoms with Gasteiger partial charge in [-0.3, -0.25) is 4.79 Å². The number of hydrogen-bond donors (Lipinski definition) is 3. The van der Waals surface area contributed by atoms with Crippen molar-refractivity contribution < 1.29 is 5.11 Å². The molecule has 0 amide bonds. The Balaban J connectivity index is 2.76. The Morgan fingerprint density at radius 1 is 1.39 bits per heavy atom. The van der Waals surface area contributed by atoms with Gasteiger partial charge in [0.1, 0.15) is 5.69 Å². The van der Waals surface area contributed by atoms with Crippen LogP contribution in [0.4, 0.5) is 5.69 Å². The molecular weight excluding hydrogens is 228 g/mol. The summed E-state index contributed by atoms with van der Waals surface area (Å²) in [7, 11) is 0. The molecule has 0 radical (unpaired) electrons. The van der Waals surface area contributed by atoms with Crippen LogP contribution in [-0.4, -0.2) is 10.1 Å². The third-order valence-corrected chi connectivity index (χ3v) is 3.69. The number of aromatic nitrogens is 1. The fourth-order valence-electron chi connectivity index (χ4n) is 1.92. The molecule has 96 valence electrons. The first kappa shape index (κ1) is 12.5. The van der Waals surface area contributed by atoms with Crippen LogP contribution in [-0.2, 0) is 5.41 Å². The zero-order chi connectivity index (χ0) is 13.5. The topological polar surface area (TPSA) is 79.1 Å². The van der Waals surface area contributed by atoms with Gasteiger partial charge in [-0.2, -0.15) is 0 Å². The van der Waals surface area contributed by atoms with E-state index in [1.807, 2.05) is 18.2 Å². The molecule has 18 heavy (non-hydrogen) atoms. The van der Waals surface area contributed by atoms with E-state index >= 15 is 0 Å². The third-order valence-electron chi connectivity index (χ3n) is 3.69. The van der Waals surface area contributed by atoms with Crippen LogP contribution in [0, 0.1) is 0 Å². The van der Waals surface area contributed by atoms with E-state index in [-0.39, 0.29) is 16.9 Å². The predicted octanol–water partition coefficient (Wildman–Crippen LogP) is 2.50. The summed E-state index contributed by atoms with van der Waals surface area (Å²) >= 11 is 0. The molecule has 0 bridgehead atoms. The fraction of sp³-hybridized carbons (Fsp3) is 0.357. The maximum Gasteiger partial charge on any atom is 0.275 e. The summed E-state index contributed by atoms with van der Waals surface area (Å²) in [5.41, 5.74) is 6.69. The number of aromatic amines is 1. The maximum absolute atomic E-state index is 11.5. The standard InChI is InChI=1S/C14H18N2O2/c1-4-14(2,3)8-5-6-10-9(7-8)12(17)11(15)13(18)16-10/h5-7H,4,15H2,1-3H3,(H2,16,17,18). The first-order valence-corrected chi connectivity index (χ1v) is 6.02. The van der Waals surface area contributed by atoms with Crippen molar-refractivity contribution in [1.29, 1.82) is 0 Å². The largest absolute Gasteiger partial charge is 0.505 e. The lowest BCUT2D eigenvalue weighted by molar-refractivity contribution is 0.482. The third kappa shape index (κ3) is 1.83. The summed E-state index contributed by atoms with van der Waals surface area (Å²) in [6, 6.07) is 5.67. The van der Waals surface area contributed by atoms with Crippen molar-refractivity contribution in [3.63, 3.8) is 0 Å². The quantitative estimate of drug-likeness (QED) is 0.761. The van der Waals surface area contributed by atoms with Crippen molar-refractivity contribution in [2.75, 3.05) is 5.73 Å². The summed E-state index contributed by atoms with van der Waals surface area (Å²) in [5.74, 6) is -0.137. The lowest BCUT2D eigenvalue weighted by Crippen LogP contribution is -2.16. The van der Waals surface area contributed by atoms with Gasteiger partial charge in [0.15, 0.2) is 5.75 Å². The number of nitrogens with two attached hydrogens (primary N) is 1. The minimum Gasteiger partial charge on any atom is -0.505 e. The van der Waals surface area contributed by atoms with Gasteiger partial charge in [-0.25, -0.2) is 0 Å². The molecule has 1 aromatic heterocycles. The zero-order valence-electron chi connectivity index (χ0n) is 10.9. The van der Waals surface area contributed by atoms with Crippen LogP contribution < -0.4 is 11.3 Å². The van der Waals surface area contributed by atoms with E-state index in [9.17, 15) is 9.90 Å². The first-order valence-electron chi connectivity index (χ1n) is 6.02. The molecule has 1 heterocycles. The lowest BCUT2D eigenvalue weighted by atomic mass is 9.82. The summed E-state index contributed by atoms with van der Waals surface area (Å²) in [6.07, 6.45) is 0.984. The van der Waals surface area contributed by atoms with Crippen molar-refractivity contribution >= 4 is 16.6 Å². The average Bonchev–Trinajstić information content (AvgIpc) is 2.35. The molecule has 4 N–H and O–H groups in total. The highest BCUT2D eigenvalue weighted by Crippen LogP contribution is 2.32. The zero-order valence-corrected chi connectivity index (χ0v) is 10.9. The number of aromatic hydroxyl groups is 1. The lowest BCUT2D eigenvalue weighted by Gasteiger charge is -2.23. The van der Waals surface area contributed by atoms with Crippen LogP contribution >= 0.6 is 0 Å². The highest BCUT2D eigenvalue weighted by molar-refractivity contribution is 5.89. The molecule has 0 aliphatic carbocycles. The van der Waals surface area contributed by atoms with Gasteiger partial charge in [0.25, 0.3) is 5.56 Å². The molecular formula is C14H18N2O2. The molecule has 0 fully saturated rings. The normalized spacial score (nSPS) is 11.9. The van der Waals surface area contributed by atoms with Gasteiger partial charge in [0, 0.05) is 5.39 Å². The Morgan fingerprint density at radius 2 is 2.06 bits per heavy atom. The molecule has 4 nitrogen and oxygen atoms in total. The Kier molecular flexibility index (Phi) is 2.81. The number of fused-ring (bicyclic) bond motifs is 1. The molecule has 2 rings (SSSR count). The van der Waals surface area contributed by atoms with Crippen LogP contribution in [0.1, 0.15) is 32.8 Å². The predicted molar refractivity (Wildman–Crippen MR) is 74.0 cm³/mol. The average molecular weight is 246 g/mol. The number of hydrogen-bond acceptors (Lipinski definition) is 3. The summed E-state index contributed by atoms with van der Waals surface area (Å²) in [6.45, 7) is 6.39. The molecule has 0 unspecified atom stereocenters. The molecule has 0 aliphatic rings.